The van der Waals surface area contributed by atoms with E-state index in [0.29, 0.717) is 13.2 Å². The predicted molar refractivity (Wildman–Crippen MR) is 123 cm³/mol. The summed E-state index contributed by atoms with van der Waals surface area (Å²) < 4.78 is 18.6. The van der Waals surface area contributed by atoms with E-state index in [9.17, 15) is 5.11 Å². The fourth-order valence-electron chi connectivity index (χ4n) is 9.11. The van der Waals surface area contributed by atoms with Crippen LogP contribution in [0.1, 0.15) is 51.0 Å². The van der Waals surface area contributed by atoms with Gasteiger partial charge in [-0.05, 0) is 48.3 Å². The van der Waals surface area contributed by atoms with Crippen molar-refractivity contribution < 1.29 is 19.3 Å². The van der Waals surface area contributed by atoms with Crippen LogP contribution in [-0.4, -0.2) is 37.3 Å². The maximum atomic E-state index is 12.0. The van der Waals surface area contributed by atoms with Crippen molar-refractivity contribution in [2.75, 3.05) is 20.3 Å². The smallest absolute Gasteiger partial charge is 0.172 e. The minimum Gasteiger partial charge on any atom is -0.497 e. The van der Waals surface area contributed by atoms with Crippen molar-refractivity contribution in [3.05, 3.63) is 54.6 Å². The lowest BCUT2D eigenvalue weighted by molar-refractivity contribution is -0.272. The highest BCUT2D eigenvalue weighted by Gasteiger charge is 2.82. The Labute approximate surface area is 191 Å². The van der Waals surface area contributed by atoms with Gasteiger partial charge in [-0.1, -0.05) is 50.1 Å². The third-order valence-electron chi connectivity index (χ3n) is 10.2. The molecular formula is C28H36O4. The molecular weight excluding hydrogens is 400 g/mol. The van der Waals surface area contributed by atoms with E-state index in [2.05, 4.69) is 49.9 Å². The van der Waals surface area contributed by atoms with Gasteiger partial charge in [0.25, 0.3) is 0 Å². The second-order valence-corrected chi connectivity index (χ2v) is 11.0. The Hall–Kier alpha value is -1.62. The molecule has 7 atom stereocenters. The molecule has 0 unspecified atom stereocenters. The maximum absolute atomic E-state index is 12.0. The third kappa shape index (κ3) is 2.24. The first-order valence-electron chi connectivity index (χ1n) is 12.4. The Morgan fingerprint density at radius 2 is 1.84 bits per heavy atom. The quantitative estimate of drug-likeness (QED) is 0.674. The highest BCUT2D eigenvalue weighted by molar-refractivity contribution is 5.51. The van der Waals surface area contributed by atoms with E-state index in [4.69, 9.17) is 14.2 Å². The second-order valence-electron chi connectivity index (χ2n) is 11.0. The summed E-state index contributed by atoms with van der Waals surface area (Å²) in [5.74, 6) is 0.577. The summed E-state index contributed by atoms with van der Waals surface area (Å²) in [4.78, 5) is 0. The first-order chi connectivity index (χ1) is 15.5. The summed E-state index contributed by atoms with van der Waals surface area (Å²) in [5, 5.41) is 12.0. The van der Waals surface area contributed by atoms with Crippen LogP contribution in [0.4, 0.5) is 0 Å². The van der Waals surface area contributed by atoms with Crippen LogP contribution in [0.3, 0.4) is 0 Å². The highest BCUT2D eigenvalue weighted by atomic mass is 16.7. The number of allylic oxidation sites excluding steroid dienone is 3. The Morgan fingerprint density at radius 3 is 2.53 bits per heavy atom. The van der Waals surface area contributed by atoms with Crippen molar-refractivity contribution in [1.29, 1.82) is 0 Å². The lowest BCUT2D eigenvalue weighted by atomic mass is 9.52. The van der Waals surface area contributed by atoms with Crippen LogP contribution in [0.5, 0.6) is 5.75 Å². The van der Waals surface area contributed by atoms with Gasteiger partial charge in [0.2, 0.25) is 0 Å². The molecule has 0 aromatic heterocycles. The lowest BCUT2D eigenvalue weighted by Crippen LogP contribution is -2.60. The Bertz CT molecular complexity index is 931. The number of methoxy groups -OCH3 is 1. The van der Waals surface area contributed by atoms with Gasteiger partial charge in [0.15, 0.2) is 5.79 Å². The lowest BCUT2D eigenvalue weighted by Gasteiger charge is -2.55. The van der Waals surface area contributed by atoms with Crippen LogP contribution in [-0.2, 0) is 14.9 Å². The van der Waals surface area contributed by atoms with Gasteiger partial charge in [0.1, 0.15) is 5.75 Å². The van der Waals surface area contributed by atoms with Crippen LogP contribution in [0.25, 0.3) is 0 Å². The topological polar surface area (TPSA) is 47.9 Å². The fraction of sp³-hybridized carbons (Fsp3) is 0.643. The first-order valence-corrected chi connectivity index (χ1v) is 12.4. The van der Waals surface area contributed by atoms with Gasteiger partial charge in [-0.3, -0.25) is 0 Å². The molecule has 1 N–H and O–H groups in total. The van der Waals surface area contributed by atoms with E-state index in [1.807, 2.05) is 6.08 Å². The molecule has 1 aliphatic heterocycles. The van der Waals surface area contributed by atoms with E-state index >= 15 is 0 Å². The number of aliphatic hydroxyl groups excluding tert-OH is 1. The largest absolute Gasteiger partial charge is 0.497 e. The van der Waals surface area contributed by atoms with Crippen LogP contribution < -0.4 is 4.74 Å². The molecule has 4 aliphatic carbocycles. The third-order valence-corrected chi connectivity index (χ3v) is 10.2. The van der Waals surface area contributed by atoms with Gasteiger partial charge < -0.3 is 19.3 Å². The van der Waals surface area contributed by atoms with Gasteiger partial charge in [0.05, 0.1) is 26.4 Å². The molecule has 32 heavy (non-hydrogen) atoms. The van der Waals surface area contributed by atoms with E-state index in [1.54, 1.807) is 7.11 Å². The van der Waals surface area contributed by atoms with Gasteiger partial charge >= 0.3 is 0 Å². The molecule has 3 saturated carbocycles. The molecule has 4 nitrogen and oxygen atoms in total. The minimum atomic E-state index is -0.602. The molecule has 2 bridgehead atoms. The minimum absolute atomic E-state index is 0.0136. The first kappa shape index (κ1) is 20.9. The Balaban J connectivity index is 1.60. The van der Waals surface area contributed by atoms with E-state index < -0.39 is 11.9 Å². The van der Waals surface area contributed by atoms with E-state index in [1.165, 1.54) is 18.4 Å². The zero-order valence-electron chi connectivity index (χ0n) is 19.4. The van der Waals surface area contributed by atoms with Gasteiger partial charge in [0, 0.05) is 29.1 Å². The number of hydrogen-bond acceptors (Lipinski definition) is 4. The summed E-state index contributed by atoms with van der Waals surface area (Å²) in [5.41, 5.74) is 1.06. The number of benzene rings is 1. The van der Waals surface area contributed by atoms with Gasteiger partial charge in [-0.15, -0.1) is 6.58 Å². The molecule has 4 fully saturated rings. The standard InChI is InChI=1S/C28H36O4/c1-4-7-19-18-28(31-16-17-32-28)24-22(23(19)29)27(20-8-10-21(30-3)11-9-20)15-14-26(24)13-6-5-12-25(26,27)2/h4,8-11,14-15,19,22-24,29H,1,5-7,12-13,16-18H2,2-3H3/t19-,22+,23+,24-,25-,26+,27+/m0/s1. The number of aliphatic hydroxyl groups is 1. The predicted octanol–water partition coefficient (Wildman–Crippen LogP) is 5.02. The summed E-state index contributed by atoms with van der Waals surface area (Å²) in [6, 6.07) is 8.61. The summed E-state index contributed by atoms with van der Waals surface area (Å²) in [6.07, 6.45) is 12.8. The summed E-state index contributed by atoms with van der Waals surface area (Å²) in [6.45, 7) is 7.78. The number of rotatable bonds is 4. The van der Waals surface area contributed by atoms with Crippen LogP contribution in [0, 0.1) is 28.6 Å². The molecule has 6 rings (SSSR count). The molecule has 0 radical (unpaired) electrons. The SMILES string of the molecule is C=CC[C@H]1CC2(OCCO2)[C@H]2[C@@H]([C@@H]1O)[C@]1(c3ccc(OC)cc3)C=C[C@]23CCCC[C@@]31C. The number of ether oxygens (including phenoxy) is 3. The van der Waals surface area contributed by atoms with Crippen LogP contribution in [0.2, 0.25) is 0 Å². The van der Waals surface area contributed by atoms with Gasteiger partial charge in [-0.2, -0.15) is 0 Å². The molecule has 1 heterocycles. The van der Waals surface area contributed by atoms with Crippen molar-refractivity contribution >= 4 is 0 Å². The van der Waals surface area contributed by atoms with Crippen molar-refractivity contribution in [1.82, 2.24) is 0 Å². The van der Waals surface area contributed by atoms with Crippen LogP contribution in [0.15, 0.2) is 49.1 Å². The van der Waals surface area contributed by atoms with E-state index in [-0.39, 0.29) is 34.0 Å². The molecule has 172 valence electrons. The average Bonchev–Trinajstić information content (AvgIpc) is 3.44. The van der Waals surface area contributed by atoms with Crippen molar-refractivity contribution in [3.8, 4) is 5.75 Å². The summed E-state index contributed by atoms with van der Waals surface area (Å²) >= 11 is 0. The number of fused-ring (bicyclic) bond motifs is 3. The zero-order chi connectivity index (χ0) is 22.2. The fourth-order valence-corrected chi connectivity index (χ4v) is 9.11. The van der Waals surface area contributed by atoms with E-state index in [0.717, 1.165) is 31.4 Å². The normalized spacial score (nSPS) is 45.6. The molecule has 0 amide bonds. The number of hydrogen-bond donors (Lipinski definition) is 1. The maximum Gasteiger partial charge on any atom is 0.172 e. The average molecular weight is 437 g/mol. The Kier molecular flexibility index (Phi) is 4.55. The van der Waals surface area contributed by atoms with Crippen molar-refractivity contribution in [2.45, 2.75) is 62.8 Å². The Morgan fingerprint density at radius 1 is 1.12 bits per heavy atom. The molecule has 1 aromatic rings. The van der Waals surface area contributed by atoms with Crippen LogP contribution >= 0.6 is 0 Å². The molecule has 4 heteroatoms. The second kappa shape index (κ2) is 6.94. The molecule has 1 spiro atoms. The molecule has 5 aliphatic rings. The molecule has 1 saturated heterocycles. The van der Waals surface area contributed by atoms with Crippen molar-refractivity contribution in [3.63, 3.8) is 0 Å². The highest BCUT2D eigenvalue weighted by Crippen LogP contribution is 2.82. The summed E-state index contributed by atoms with van der Waals surface area (Å²) in [7, 11) is 1.71. The monoisotopic (exact) mass is 436 g/mol. The zero-order valence-corrected chi connectivity index (χ0v) is 19.4. The van der Waals surface area contributed by atoms with Crippen molar-refractivity contribution in [2.24, 2.45) is 28.6 Å². The molecule has 1 aromatic carbocycles. The van der Waals surface area contributed by atoms with Gasteiger partial charge in [-0.25, -0.2) is 0 Å².